The van der Waals surface area contributed by atoms with E-state index >= 15 is 0 Å². The molecule has 1 radical (unpaired) electrons. The van der Waals surface area contributed by atoms with Crippen molar-refractivity contribution in [1.29, 1.82) is 0 Å². The van der Waals surface area contributed by atoms with Crippen LogP contribution in [0.5, 0.6) is 0 Å². The van der Waals surface area contributed by atoms with Crippen LogP contribution < -0.4 is 4.90 Å². The number of ether oxygens (including phenoxy) is 1. The normalized spacial score (nSPS) is 10.0. The lowest BCUT2D eigenvalue weighted by atomic mass is 10.2. The van der Waals surface area contributed by atoms with Crippen LogP contribution in [0.2, 0.25) is 0 Å². The van der Waals surface area contributed by atoms with E-state index in [1.165, 1.54) is 11.9 Å². The van der Waals surface area contributed by atoms with E-state index in [0.717, 1.165) is 5.56 Å². The zero-order chi connectivity index (χ0) is 11.1. The van der Waals surface area contributed by atoms with E-state index in [1.807, 2.05) is 30.3 Å². The van der Waals surface area contributed by atoms with Gasteiger partial charge in [-0.25, -0.2) is 0 Å². The Kier molecular flexibility index (Phi) is 4.50. The van der Waals surface area contributed by atoms with Crippen LogP contribution in [-0.4, -0.2) is 26.0 Å². The Labute approximate surface area is 88.5 Å². The van der Waals surface area contributed by atoms with Crippen molar-refractivity contribution in [2.24, 2.45) is 0 Å². The molecule has 1 rings (SSSR count). The van der Waals surface area contributed by atoms with Crippen LogP contribution >= 0.6 is 0 Å². The first kappa shape index (κ1) is 11.4. The summed E-state index contributed by atoms with van der Waals surface area (Å²) in [6.07, 6.45) is 0.162. The van der Waals surface area contributed by atoms with E-state index in [4.69, 9.17) is 4.74 Å². The third-order valence-corrected chi connectivity index (χ3v) is 1.87. The lowest BCUT2D eigenvalue weighted by molar-refractivity contribution is -0.107. The summed E-state index contributed by atoms with van der Waals surface area (Å²) in [5, 5.41) is 0. The van der Waals surface area contributed by atoms with Crippen molar-refractivity contribution in [3.05, 3.63) is 35.9 Å². The van der Waals surface area contributed by atoms with Crippen molar-refractivity contribution in [2.75, 3.05) is 13.6 Å². The van der Waals surface area contributed by atoms with Gasteiger partial charge in [-0.2, -0.15) is 4.79 Å². The number of hydrogen-bond acceptors (Lipinski definition) is 3. The number of nitrogens with zero attached hydrogens (tertiary/aromatic N) is 1. The van der Waals surface area contributed by atoms with E-state index in [9.17, 15) is 9.59 Å². The zero-order valence-corrected chi connectivity index (χ0v) is 8.55. The summed E-state index contributed by atoms with van der Waals surface area (Å²) in [6, 6.07) is 9.38. The van der Waals surface area contributed by atoms with Crippen LogP contribution in [0, 0.1) is 0 Å². The highest BCUT2D eigenvalue weighted by atomic mass is 16.6. The van der Waals surface area contributed by atoms with E-state index in [1.54, 1.807) is 0 Å². The van der Waals surface area contributed by atoms with Gasteiger partial charge >= 0.3 is 6.09 Å². The molecule has 1 aromatic rings. The molecule has 0 aromatic heterocycles. The molecular formula is C11H13NO3+. The maximum atomic E-state index is 11.3. The van der Waals surface area contributed by atoms with Gasteiger partial charge in [0.15, 0.2) is 12.8 Å². The summed E-state index contributed by atoms with van der Waals surface area (Å²) in [4.78, 5) is 22.6. The maximum Gasteiger partial charge on any atom is 0.566 e. The van der Waals surface area contributed by atoms with Crippen LogP contribution in [0.4, 0.5) is 4.79 Å². The summed E-state index contributed by atoms with van der Waals surface area (Å²) in [6.45, 7) is 0.274. The first-order chi connectivity index (χ1) is 7.24. The molecule has 0 aliphatic heterocycles. The molecule has 0 aliphatic carbocycles. The van der Waals surface area contributed by atoms with Crippen LogP contribution in [0.25, 0.3) is 0 Å². The third kappa shape index (κ3) is 3.91. The Hall–Kier alpha value is -1.68. The van der Waals surface area contributed by atoms with E-state index in [0.29, 0.717) is 6.29 Å². The van der Waals surface area contributed by atoms with Gasteiger partial charge in [0.05, 0.1) is 0 Å². The summed E-state index contributed by atoms with van der Waals surface area (Å²) < 4.78 is 4.97. The fourth-order valence-electron chi connectivity index (χ4n) is 1.02. The smallest absolute Gasteiger partial charge is 0.412 e. The van der Waals surface area contributed by atoms with E-state index in [2.05, 4.69) is 0 Å². The predicted molar refractivity (Wildman–Crippen MR) is 55.6 cm³/mol. The standard InChI is InChI=1S/C11H13NO3/c1-12(7-8-13)11(14)15-9-10-5-3-2-4-6-10/h2-6,8H,7,9H2,1H3/q+1. The highest BCUT2D eigenvalue weighted by Crippen LogP contribution is 2.01. The molecule has 0 bridgehead atoms. The number of benzene rings is 1. The van der Waals surface area contributed by atoms with Crippen molar-refractivity contribution in [3.63, 3.8) is 0 Å². The first-order valence-electron chi connectivity index (χ1n) is 4.59. The third-order valence-electron chi connectivity index (χ3n) is 1.87. The molecule has 0 fully saturated rings. The minimum Gasteiger partial charge on any atom is -0.412 e. The van der Waals surface area contributed by atoms with Gasteiger partial charge in [0.2, 0.25) is 0 Å². The van der Waals surface area contributed by atoms with Gasteiger partial charge in [-0.1, -0.05) is 35.2 Å². The number of carbonyl (C=O) groups excluding carboxylic acids is 2. The number of amides is 1. The minimum atomic E-state index is -0.494. The molecule has 4 nitrogen and oxygen atoms in total. The van der Waals surface area contributed by atoms with Gasteiger partial charge in [-0.3, -0.25) is 4.79 Å². The molecular weight excluding hydrogens is 194 g/mol. The molecule has 0 aliphatic rings. The Bertz CT molecular complexity index is 324. The average molecular weight is 207 g/mol. The van der Waals surface area contributed by atoms with Crippen molar-refractivity contribution in [1.82, 2.24) is 4.90 Å². The summed E-state index contributed by atoms with van der Waals surface area (Å²) in [7, 11) is 1.52. The molecule has 0 spiro atoms. The molecule has 1 aromatic carbocycles. The zero-order valence-electron chi connectivity index (χ0n) is 8.55. The van der Waals surface area contributed by atoms with Crippen molar-refractivity contribution in [2.45, 2.75) is 6.61 Å². The molecule has 0 N–H and O–H groups in total. The summed E-state index contributed by atoms with van der Waals surface area (Å²) in [5.74, 6) is 0. The van der Waals surface area contributed by atoms with E-state index in [-0.39, 0.29) is 13.2 Å². The fraction of sp³-hybridized carbons (Fsp3) is 0.273. The molecule has 0 unspecified atom stereocenters. The maximum absolute atomic E-state index is 11.3. The number of hydrogen-bond donors (Lipinski definition) is 0. The van der Waals surface area contributed by atoms with Crippen molar-refractivity contribution >= 4 is 12.4 Å². The largest absolute Gasteiger partial charge is 0.566 e. The Morgan fingerprint density at radius 1 is 1.40 bits per heavy atom. The fourth-order valence-corrected chi connectivity index (χ4v) is 1.02. The second-order valence-electron chi connectivity index (χ2n) is 3.09. The topological polar surface area (TPSA) is 49.3 Å². The van der Waals surface area contributed by atoms with Gasteiger partial charge in [-0.15, -0.1) is 0 Å². The number of likely N-dealkylation sites (N-methyl/N-ethyl adjacent to an activating group) is 1. The Morgan fingerprint density at radius 2 is 2.07 bits per heavy atom. The highest BCUT2D eigenvalue weighted by molar-refractivity contribution is 5.73. The molecule has 0 saturated heterocycles. The van der Waals surface area contributed by atoms with Gasteiger partial charge in [-0.05, 0) is 5.56 Å². The Morgan fingerprint density at radius 3 is 2.67 bits per heavy atom. The lowest BCUT2D eigenvalue weighted by Crippen LogP contribution is -2.34. The quantitative estimate of drug-likeness (QED) is 0.552. The second kappa shape index (κ2) is 5.93. The monoisotopic (exact) mass is 207 g/mol. The number of aldehydes is 1. The van der Waals surface area contributed by atoms with Crippen LogP contribution in [0.1, 0.15) is 5.56 Å². The average Bonchev–Trinajstić information content (AvgIpc) is 2.27. The van der Waals surface area contributed by atoms with Gasteiger partial charge < -0.3 is 4.74 Å². The first-order valence-corrected chi connectivity index (χ1v) is 4.59. The van der Waals surface area contributed by atoms with Gasteiger partial charge in [0.1, 0.15) is 13.7 Å². The summed E-state index contributed by atoms with van der Waals surface area (Å²) >= 11 is 0. The lowest BCUT2D eigenvalue weighted by Gasteiger charge is -2.03. The van der Waals surface area contributed by atoms with Gasteiger partial charge in [0, 0.05) is 0 Å². The number of rotatable bonds is 4. The molecule has 15 heavy (non-hydrogen) atoms. The molecule has 0 saturated carbocycles. The molecule has 0 atom stereocenters. The molecule has 4 heteroatoms. The second-order valence-corrected chi connectivity index (χ2v) is 3.09. The van der Waals surface area contributed by atoms with Gasteiger partial charge in [0.25, 0.3) is 0 Å². The molecule has 0 heterocycles. The molecule has 1 amide bonds. The minimum absolute atomic E-state index is 0.0492. The SMILES string of the molecule is C[N+](CC=O)C(=O)OCc1ccccc1. The predicted octanol–water partition coefficient (Wildman–Crippen LogP) is 1.29. The molecule has 79 valence electrons. The van der Waals surface area contributed by atoms with E-state index < -0.39 is 6.09 Å². The van der Waals surface area contributed by atoms with Crippen LogP contribution in [0.15, 0.2) is 30.3 Å². The highest BCUT2D eigenvalue weighted by Gasteiger charge is 2.21. The Balaban J connectivity index is 2.37. The number of carbonyl (C=O) groups is 2. The summed E-state index contributed by atoms with van der Waals surface area (Å²) in [5.41, 5.74) is 0.922. The van der Waals surface area contributed by atoms with Crippen molar-refractivity contribution < 1.29 is 14.3 Å². The van der Waals surface area contributed by atoms with Crippen LogP contribution in [-0.2, 0) is 16.1 Å². The van der Waals surface area contributed by atoms with Crippen molar-refractivity contribution in [3.8, 4) is 0 Å². The van der Waals surface area contributed by atoms with Crippen LogP contribution in [0.3, 0.4) is 0 Å².